The minimum atomic E-state index is 0.440. The van der Waals surface area contributed by atoms with E-state index >= 15 is 0 Å². The monoisotopic (exact) mass is 181 g/mol. The average molecular weight is 181 g/mol. The molecule has 0 aliphatic heterocycles. The Kier molecular flexibility index (Phi) is 1.83. The standard InChI is InChI=1S/C12H23N/c1-11(2)9-6-7-10(8-9)12(11,3)13(4)5/h9-10H,6-8H2,1-5H3/t9-,10+,12-/m0/s1. The summed E-state index contributed by atoms with van der Waals surface area (Å²) in [5, 5.41) is 0. The lowest BCUT2D eigenvalue weighted by atomic mass is 9.63. The van der Waals surface area contributed by atoms with E-state index in [2.05, 4.69) is 39.8 Å². The summed E-state index contributed by atoms with van der Waals surface area (Å²) in [6.45, 7) is 7.41. The zero-order valence-corrected chi connectivity index (χ0v) is 9.72. The molecule has 76 valence electrons. The second kappa shape index (κ2) is 2.50. The van der Waals surface area contributed by atoms with E-state index in [1.165, 1.54) is 19.3 Å². The lowest BCUT2D eigenvalue weighted by Gasteiger charge is -2.52. The molecule has 1 nitrogen and oxygen atoms in total. The van der Waals surface area contributed by atoms with Crippen LogP contribution in [0, 0.1) is 17.3 Å². The van der Waals surface area contributed by atoms with Gasteiger partial charge in [-0.3, -0.25) is 0 Å². The maximum absolute atomic E-state index is 2.47. The quantitative estimate of drug-likeness (QED) is 0.601. The van der Waals surface area contributed by atoms with Gasteiger partial charge in [0.25, 0.3) is 0 Å². The fraction of sp³-hybridized carbons (Fsp3) is 1.00. The summed E-state index contributed by atoms with van der Waals surface area (Å²) >= 11 is 0. The molecule has 2 rings (SSSR count). The third-order valence-electron chi connectivity index (χ3n) is 5.48. The third-order valence-corrected chi connectivity index (χ3v) is 5.48. The molecule has 2 aliphatic rings. The van der Waals surface area contributed by atoms with Gasteiger partial charge in [0.2, 0.25) is 0 Å². The lowest BCUT2D eigenvalue weighted by molar-refractivity contribution is -0.0155. The molecule has 0 radical (unpaired) electrons. The van der Waals surface area contributed by atoms with Crippen LogP contribution in [0.3, 0.4) is 0 Å². The minimum Gasteiger partial charge on any atom is -0.303 e. The van der Waals surface area contributed by atoms with E-state index in [0.717, 1.165) is 11.8 Å². The SMILES string of the molecule is CN(C)[C@@]1(C)[C@@H]2CC[C@@H](C2)C1(C)C. The van der Waals surface area contributed by atoms with Gasteiger partial charge in [-0.25, -0.2) is 0 Å². The molecule has 0 N–H and O–H groups in total. The normalized spacial score (nSPS) is 47.5. The topological polar surface area (TPSA) is 3.24 Å². The van der Waals surface area contributed by atoms with Crippen LogP contribution in [0.1, 0.15) is 40.0 Å². The highest BCUT2D eigenvalue weighted by atomic mass is 15.2. The van der Waals surface area contributed by atoms with Gasteiger partial charge in [-0.2, -0.15) is 0 Å². The zero-order valence-electron chi connectivity index (χ0n) is 9.72. The minimum absolute atomic E-state index is 0.440. The van der Waals surface area contributed by atoms with E-state index in [-0.39, 0.29) is 0 Å². The van der Waals surface area contributed by atoms with E-state index in [0.29, 0.717) is 11.0 Å². The fourth-order valence-electron chi connectivity index (χ4n) is 4.03. The highest BCUT2D eigenvalue weighted by Gasteiger charge is 2.61. The molecule has 1 heteroatoms. The summed E-state index contributed by atoms with van der Waals surface area (Å²) < 4.78 is 0. The Morgan fingerprint density at radius 2 is 1.54 bits per heavy atom. The van der Waals surface area contributed by atoms with Crippen LogP contribution in [-0.4, -0.2) is 24.5 Å². The van der Waals surface area contributed by atoms with E-state index in [1.54, 1.807) is 0 Å². The molecule has 0 unspecified atom stereocenters. The maximum Gasteiger partial charge on any atom is 0.0257 e. The first-order valence-electron chi connectivity index (χ1n) is 5.58. The third kappa shape index (κ3) is 0.918. The summed E-state index contributed by atoms with van der Waals surface area (Å²) in [6.07, 6.45) is 4.41. The van der Waals surface area contributed by atoms with Gasteiger partial charge >= 0.3 is 0 Å². The number of rotatable bonds is 1. The van der Waals surface area contributed by atoms with Gasteiger partial charge in [0.15, 0.2) is 0 Å². The molecule has 2 saturated carbocycles. The van der Waals surface area contributed by atoms with Gasteiger partial charge in [0.05, 0.1) is 0 Å². The Morgan fingerprint density at radius 3 is 1.85 bits per heavy atom. The van der Waals surface area contributed by atoms with Crippen LogP contribution in [0.15, 0.2) is 0 Å². The van der Waals surface area contributed by atoms with Crippen molar-refractivity contribution in [2.75, 3.05) is 14.1 Å². The largest absolute Gasteiger partial charge is 0.303 e. The van der Waals surface area contributed by atoms with Crippen LogP contribution in [-0.2, 0) is 0 Å². The lowest BCUT2D eigenvalue weighted by Crippen LogP contribution is -2.56. The summed E-state index contributed by atoms with van der Waals surface area (Å²) in [5.74, 6) is 1.92. The van der Waals surface area contributed by atoms with Gasteiger partial charge < -0.3 is 4.90 Å². The van der Waals surface area contributed by atoms with Crippen molar-refractivity contribution in [1.82, 2.24) is 4.90 Å². The second-order valence-electron chi connectivity index (χ2n) is 5.97. The number of hydrogen-bond acceptors (Lipinski definition) is 1. The van der Waals surface area contributed by atoms with Crippen molar-refractivity contribution in [2.24, 2.45) is 17.3 Å². The molecule has 13 heavy (non-hydrogen) atoms. The molecule has 0 heterocycles. The van der Waals surface area contributed by atoms with Crippen molar-refractivity contribution in [3.63, 3.8) is 0 Å². The summed E-state index contributed by atoms with van der Waals surface area (Å²) in [5.41, 5.74) is 0.954. The van der Waals surface area contributed by atoms with Crippen molar-refractivity contribution in [1.29, 1.82) is 0 Å². The first-order chi connectivity index (χ1) is 5.90. The molecule has 2 aliphatic carbocycles. The summed E-state index contributed by atoms with van der Waals surface area (Å²) in [7, 11) is 4.50. The predicted molar refractivity (Wildman–Crippen MR) is 56.7 cm³/mol. The average Bonchev–Trinajstić information content (AvgIpc) is 2.54. The van der Waals surface area contributed by atoms with E-state index < -0.39 is 0 Å². The predicted octanol–water partition coefficient (Wildman–Crippen LogP) is 2.76. The summed E-state index contributed by atoms with van der Waals surface area (Å²) in [4.78, 5) is 2.47. The molecule has 3 atom stereocenters. The molecule has 0 aromatic heterocycles. The number of hydrogen-bond donors (Lipinski definition) is 0. The van der Waals surface area contributed by atoms with Crippen LogP contribution >= 0.6 is 0 Å². The van der Waals surface area contributed by atoms with Crippen molar-refractivity contribution in [3.8, 4) is 0 Å². The van der Waals surface area contributed by atoms with E-state index in [1.807, 2.05) is 0 Å². The zero-order chi connectivity index (χ0) is 9.85. The Morgan fingerprint density at radius 1 is 1.00 bits per heavy atom. The number of fused-ring (bicyclic) bond motifs is 2. The molecule has 0 amide bonds. The van der Waals surface area contributed by atoms with Crippen LogP contribution < -0.4 is 0 Å². The maximum atomic E-state index is 2.47. The molecular weight excluding hydrogens is 158 g/mol. The van der Waals surface area contributed by atoms with Crippen molar-refractivity contribution < 1.29 is 0 Å². The van der Waals surface area contributed by atoms with Crippen LogP contribution in [0.4, 0.5) is 0 Å². The first-order valence-corrected chi connectivity index (χ1v) is 5.58. The molecule has 2 bridgehead atoms. The summed E-state index contributed by atoms with van der Waals surface area (Å²) in [6, 6.07) is 0. The molecule has 0 aromatic rings. The van der Waals surface area contributed by atoms with Gasteiger partial charge in [-0.15, -0.1) is 0 Å². The highest BCUT2D eigenvalue weighted by molar-refractivity contribution is 5.13. The fourth-order valence-corrected chi connectivity index (χ4v) is 4.03. The molecule has 2 fully saturated rings. The second-order valence-corrected chi connectivity index (χ2v) is 5.97. The molecular formula is C12H23N. The van der Waals surface area contributed by atoms with Gasteiger partial charge in [-0.05, 0) is 57.5 Å². The number of nitrogens with zero attached hydrogens (tertiary/aromatic N) is 1. The Bertz CT molecular complexity index is 219. The van der Waals surface area contributed by atoms with Crippen LogP contribution in [0.5, 0.6) is 0 Å². The molecule has 0 aromatic carbocycles. The Balaban J connectivity index is 2.38. The van der Waals surface area contributed by atoms with Crippen molar-refractivity contribution in [3.05, 3.63) is 0 Å². The van der Waals surface area contributed by atoms with E-state index in [9.17, 15) is 0 Å². The van der Waals surface area contributed by atoms with Crippen LogP contribution in [0.2, 0.25) is 0 Å². The highest BCUT2D eigenvalue weighted by Crippen LogP contribution is 2.62. The van der Waals surface area contributed by atoms with Gasteiger partial charge in [-0.1, -0.05) is 13.8 Å². The smallest absolute Gasteiger partial charge is 0.0257 e. The van der Waals surface area contributed by atoms with E-state index in [4.69, 9.17) is 0 Å². The van der Waals surface area contributed by atoms with Crippen molar-refractivity contribution in [2.45, 2.75) is 45.6 Å². The van der Waals surface area contributed by atoms with Gasteiger partial charge in [0, 0.05) is 5.54 Å². The first kappa shape index (κ1) is 9.51. The van der Waals surface area contributed by atoms with Crippen LogP contribution in [0.25, 0.3) is 0 Å². The van der Waals surface area contributed by atoms with Crippen molar-refractivity contribution >= 4 is 0 Å². The van der Waals surface area contributed by atoms with Gasteiger partial charge in [0.1, 0.15) is 0 Å². The molecule has 0 saturated heterocycles. The Labute approximate surface area is 82.5 Å². The molecule has 0 spiro atoms. The Hall–Kier alpha value is -0.0400.